The number of hydrogen-bond donors (Lipinski definition) is 3. The van der Waals surface area contributed by atoms with Gasteiger partial charge >= 0.3 is 16.1 Å². The molecule has 7 heteroatoms. The molecule has 0 spiro atoms. The quantitative estimate of drug-likeness (QED) is 0.463. The highest BCUT2D eigenvalue weighted by Gasteiger charge is 2.21. The van der Waals surface area contributed by atoms with Crippen molar-refractivity contribution < 1.29 is 27.9 Å². The summed E-state index contributed by atoms with van der Waals surface area (Å²) in [7, 11) is -3.61. The van der Waals surface area contributed by atoms with Crippen molar-refractivity contribution in [1.82, 2.24) is 0 Å². The summed E-state index contributed by atoms with van der Waals surface area (Å²) in [6, 6.07) is 4.63. The van der Waals surface area contributed by atoms with Crippen molar-refractivity contribution >= 4 is 10.1 Å². The summed E-state index contributed by atoms with van der Waals surface area (Å²) in [5.41, 5.74) is -0.191. The molecular weight excluding hydrogens is 224 g/mol. The van der Waals surface area contributed by atoms with Crippen molar-refractivity contribution in [3.05, 3.63) is 29.8 Å². The van der Waals surface area contributed by atoms with E-state index < -0.39 is 16.1 Å². The molecule has 3 N–H and O–H groups in total. The minimum atomic E-state index is -3.61. The van der Waals surface area contributed by atoms with Crippen LogP contribution in [0.4, 0.5) is 0 Å². The molecule has 0 aromatic heterocycles. The predicted molar refractivity (Wildman–Crippen MR) is 50.2 cm³/mol. The van der Waals surface area contributed by atoms with Gasteiger partial charge in [0, 0.05) is 5.56 Å². The lowest BCUT2D eigenvalue weighted by Crippen LogP contribution is -2.23. The number of rotatable bonds is 3. The fourth-order valence-corrected chi connectivity index (χ4v) is 1.37. The van der Waals surface area contributed by atoms with E-state index >= 15 is 0 Å². The summed E-state index contributed by atoms with van der Waals surface area (Å²) in [6.45, 7) is 0. The lowest BCUT2D eigenvalue weighted by Gasteiger charge is -2.14. The fraction of sp³-hybridized carbons (Fsp3) is 0.250. The van der Waals surface area contributed by atoms with Crippen LogP contribution in [0.15, 0.2) is 24.3 Å². The van der Waals surface area contributed by atoms with Gasteiger partial charge in [0.25, 0.3) is 0 Å². The van der Waals surface area contributed by atoms with Gasteiger partial charge in [-0.15, -0.1) is 0 Å². The first-order valence-electron chi connectivity index (χ1n) is 3.85. The molecule has 0 aliphatic heterocycles. The molecule has 1 aromatic carbocycles. The van der Waals surface area contributed by atoms with E-state index in [0.717, 1.165) is 18.4 Å². The van der Waals surface area contributed by atoms with Gasteiger partial charge < -0.3 is 19.5 Å². The highest BCUT2D eigenvalue weighted by Crippen LogP contribution is 2.19. The molecule has 1 aromatic rings. The molecule has 0 heterocycles. The Morgan fingerprint density at radius 1 is 1.13 bits per heavy atom. The van der Waals surface area contributed by atoms with Gasteiger partial charge in [-0.3, -0.25) is 0 Å². The summed E-state index contributed by atoms with van der Waals surface area (Å²) in [5, 5.41) is 26.3. The molecule has 0 radical (unpaired) electrons. The summed E-state index contributed by atoms with van der Waals surface area (Å²) in [6.07, 6.45) is 0.884. The Labute approximate surface area is 86.5 Å². The number of aliphatic hydroxyl groups is 3. The monoisotopic (exact) mass is 234 g/mol. The topological polar surface area (TPSA) is 104 Å². The van der Waals surface area contributed by atoms with E-state index in [-0.39, 0.29) is 11.3 Å². The van der Waals surface area contributed by atoms with Crippen LogP contribution in [0.2, 0.25) is 0 Å². The van der Waals surface area contributed by atoms with Crippen molar-refractivity contribution in [3.8, 4) is 5.75 Å². The zero-order chi connectivity index (χ0) is 11.7. The molecule has 84 valence electrons. The van der Waals surface area contributed by atoms with Crippen LogP contribution in [0.25, 0.3) is 0 Å². The van der Waals surface area contributed by atoms with E-state index in [4.69, 9.17) is 15.3 Å². The molecular formula is C8H10O6S. The van der Waals surface area contributed by atoms with Crippen LogP contribution in [0.3, 0.4) is 0 Å². The maximum absolute atomic E-state index is 10.7. The van der Waals surface area contributed by atoms with Crippen LogP contribution < -0.4 is 4.18 Å². The molecule has 0 atom stereocenters. The van der Waals surface area contributed by atoms with Crippen LogP contribution in [0, 0.1) is 0 Å². The van der Waals surface area contributed by atoms with Gasteiger partial charge in [-0.25, -0.2) is 0 Å². The molecule has 0 saturated heterocycles. The van der Waals surface area contributed by atoms with Crippen LogP contribution in [0.5, 0.6) is 5.75 Å². The van der Waals surface area contributed by atoms with Crippen molar-refractivity contribution in [2.24, 2.45) is 0 Å². The zero-order valence-corrected chi connectivity index (χ0v) is 8.60. The smallest absolute Gasteiger partial charge is 0.306 e. The minimum absolute atomic E-state index is 0.0190. The predicted octanol–water partition coefficient (Wildman–Crippen LogP) is -0.888. The average molecular weight is 234 g/mol. The highest BCUT2D eigenvalue weighted by atomic mass is 32.2. The Morgan fingerprint density at radius 2 is 1.60 bits per heavy atom. The molecule has 15 heavy (non-hydrogen) atoms. The van der Waals surface area contributed by atoms with Crippen molar-refractivity contribution in [2.75, 3.05) is 6.26 Å². The maximum Gasteiger partial charge on any atom is 0.306 e. The third kappa shape index (κ3) is 3.84. The van der Waals surface area contributed by atoms with E-state index in [0.29, 0.717) is 0 Å². The van der Waals surface area contributed by atoms with Crippen LogP contribution in [-0.4, -0.2) is 30.0 Å². The van der Waals surface area contributed by atoms with Gasteiger partial charge in [0.05, 0.1) is 6.26 Å². The van der Waals surface area contributed by atoms with E-state index in [1.165, 1.54) is 12.1 Å². The van der Waals surface area contributed by atoms with Gasteiger partial charge in [0.2, 0.25) is 0 Å². The van der Waals surface area contributed by atoms with Gasteiger partial charge in [-0.2, -0.15) is 8.42 Å². The lowest BCUT2D eigenvalue weighted by atomic mass is 10.2. The third-order valence-corrected chi connectivity index (χ3v) is 1.98. The Balaban J connectivity index is 2.91. The standard InChI is InChI=1S/C8H10O6S/c1-15(12,13)14-7-4-2-6(3-5-7)8(9,10)11/h2-5,9-11H,1H3. The summed E-state index contributed by atoms with van der Waals surface area (Å²) < 4.78 is 25.9. The van der Waals surface area contributed by atoms with E-state index in [1.807, 2.05) is 0 Å². The molecule has 1 rings (SSSR count). The van der Waals surface area contributed by atoms with Crippen molar-refractivity contribution in [2.45, 2.75) is 5.97 Å². The van der Waals surface area contributed by atoms with Gasteiger partial charge in [0.15, 0.2) is 0 Å². The molecule has 0 aliphatic rings. The van der Waals surface area contributed by atoms with E-state index in [1.54, 1.807) is 0 Å². The highest BCUT2D eigenvalue weighted by molar-refractivity contribution is 7.86. The van der Waals surface area contributed by atoms with Crippen molar-refractivity contribution in [1.29, 1.82) is 0 Å². The van der Waals surface area contributed by atoms with E-state index in [9.17, 15) is 8.42 Å². The second-order valence-corrected chi connectivity index (χ2v) is 4.52. The normalized spacial score (nSPS) is 12.5. The molecule has 0 bridgehead atoms. The SMILES string of the molecule is CS(=O)(=O)Oc1ccc(C(O)(O)O)cc1. The van der Waals surface area contributed by atoms with Crippen LogP contribution in [0.1, 0.15) is 5.56 Å². The van der Waals surface area contributed by atoms with Crippen LogP contribution in [-0.2, 0) is 16.1 Å². The lowest BCUT2D eigenvalue weighted by molar-refractivity contribution is -0.323. The van der Waals surface area contributed by atoms with E-state index in [2.05, 4.69) is 4.18 Å². The van der Waals surface area contributed by atoms with Gasteiger partial charge in [-0.05, 0) is 24.3 Å². The Bertz CT molecular complexity index is 427. The maximum atomic E-state index is 10.7. The van der Waals surface area contributed by atoms with Crippen LogP contribution >= 0.6 is 0 Å². The zero-order valence-electron chi connectivity index (χ0n) is 7.78. The summed E-state index contributed by atoms with van der Waals surface area (Å²) >= 11 is 0. The Kier molecular flexibility index (Phi) is 3.00. The number of benzene rings is 1. The minimum Gasteiger partial charge on any atom is -0.383 e. The second-order valence-electron chi connectivity index (χ2n) is 2.95. The van der Waals surface area contributed by atoms with Gasteiger partial charge in [-0.1, -0.05) is 0 Å². The summed E-state index contributed by atoms with van der Waals surface area (Å²) in [4.78, 5) is 0. The molecule has 0 saturated carbocycles. The summed E-state index contributed by atoms with van der Waals surface area (Å²) in [5.74, 6) is -2.92. The average Bonchev–Trinajstić information content (AvgIpc) is 2.00. The fourth-order valence-electron chi connectivity index (χ4n) is 0.909. The Morgan fingerprint density at radius 3 is 1.93 bits per heavy atom. The first kappa shape index (κ1) is 11.9. The molecule has 0 unspecified atom stereocenters. The molecule has 0 aliphatic carbocycles. The first-order chi connectivity index (χ1) is 6.68. The molecule has 6 nitrogen and oxygen atoms in total. The van der Waals surface area contributed by atoms with Crippen molar-refractivity contribution in [3.63, 3.8) is 0 Å². The second kappa shape index (κ2) is 3.78. The third-order valence-electron chi connectivity index (χ3n) is 1.49. The number of hydrogen-bond acceptors (Lipinski definition) is 6. The van der Waals surface area contributed by atoms with Gasteiger partial charge in [0.1, 0.15) is 5.75 Å². The molecule has 0 amide bonds. The largest absolute Gasteiger partial charge is 0.383 e. The first-order valence-corrected chi connectivity index (χ1v) is 5.67. The Hall–Kier alpha value is -1.15. The molecule has 0 fully saturated rings.